The second-order valence-electron chi connectivity index (χ2n) is 7.46. The lowest BCUT2D eigenvalue weighted by molar-refractivity contribution is 0.0986. The Bertz CT molecular complexity index is 1150. The molecular formula is C21H30N4O5S. The molecule has 0 atom stereocenters. The van der Waals surface area contributed by atoms with E-state index in [0.29, 0.717) is 19.4 Å². The normalized spacial score (nSPS) is 11.5. The van der Waals surface area contributed by atoms with Gasteiger partial charge in [-0.05, 0) is 31.0 Å². The van der Waals surface area contributed by atoms with Crippen molar-refractivity contribution in [2.45, 2.75) is 57.4 Å². The van der Waals surface area contributed by atoms with Gasteiger partial charge in [0.1, 0.15) is 5.82 Å². The standard InChI is InChI=1S/C21H30N4O5S/c1-4-6-8-13-24(20(27)15-10-9-11-16(14-15)31(3,29)30)17-18(22)25(12-7-5-2)21(28)23-19(17)26/h9-11,14H,4-8,12-13,22H2,1-3H3,(H,23,26,28). The smallest absolute Gasteiger partial charge is 0.330 e. The molecule has 0 saturated heterocycles. The number of nitrogens with zero attached hydrogens (tertiary/aromatic N) is 2. The van der Waals surface area contributed by atoms with Crippen molar-refractivity contribution in [3.8, 4) is 0 Å². The Balaban J connectivity index is 2.61. The van der Waals surface area contributed by atoms with Gasteiger partial charge in [-0.15, -0.1) is 0 Å². The molecule has 2 aromatic rings. The number of benzene rings is 1. The van der Waals surface area contributed by atoms with Gasteiger partial charge in [-0.3, -0.25) is 19.1 Å². The van der Waals surface area contributed by atoms with Gasteiger partial charge in [0.25, 0.3) is 11.5 Å². The largest absolute Gasteiger partial charge is 0.383 e. The summed E-state index contributed by atoms with van der Waals surface area (Å²) in [7, 11) is -3.52. The zero-order chi connectivity index (χ0) is 23.2. The summed E-state index contributed by atoms with van der Waals surface area (Å²) in [6, 6.07) is 5.65. The number of amides is 1. The fourth-order valence-corrected chi connectivity index (χ4v) is 3.89. The van der Waals surface area contributed by atoms with Gasteiger partial charge in [0.2, 0.25) is 0 Å². The molecule has 1 amide bonds. The van der Waals surface area contributed by atoms with Crippen LogP contribution in [0.5, 0.6) is 0 Å². The minimum Gasteiger partial charge on any atom is -0.383 e. The van der Waals surface area contributed by atoms with Crippen molar-refractivity contribution in [2.75, 3.05) is 23.4 Å². The van der Waals surface area contributed by atoms with E-state index in [2.05, 4.69) is 4.98 Å². The zero-order valence-corrected chi connectivity index (χ0v) is 19.0. The minimum atomic E-state index is -3.52. The Morgan fingerprint density at radius 2 is 1.81 bits per heavy atom. The Morgan fingerprint density at radius 1 is 1.13 bits per heavy atom. The summed E-state index contributed by atoms with van der Waals surface area (Å²) in [6.45, 7) is 4.48. The Hall–Kier alpha value is -2.88. The van der Waals surface area contributed by atoms with Crippen molar-refractivity contribution < 1.29 is 13.2 Å². The molecule has 170 valence electrons. The lowest BCUT2D eigenvalue weighted by Crippen LogP contribution is -2.41. The molecule has 0 aliphatic rings. The molecule has 0 aliphatic heterocycles. The molecule has 0 fully saturated rings. The second kappa shape index (κ2) is 10.4. The average Bonchev–Trinajstić information content (AvgIpc) is 2.71. The molecule has 1 aromatic heterocycles. The molecule has 0 aliphatic carbocycles. The molecule has 1 aromatic carbocycles. The van der Waals surface area contributed by atoms with Crippen LogP contribution in [0.25, 0.3) is 0 Å². The third-order valence-corrected chi connectivity index (χ3v) is 6.07. The summed E-state index contributed by atoms with van der Waals surface area (Å²) >= 11 is 0. The van der Waals surface area contributed by atoms with Crippen molar-refractivity contribution in [2.24, 2.45) is 0 Å². The minimum absolute atomic E-state index is 0.00153. The molecule has 0 spiro atoms. The summed E-state index contributed by atoms with van der Waals surface area (Å²) in [6.07, 6.45) is 4.88. The van der Waals surface area contributed by atoms with Crippen LogP contribution in [0.1, 0.15) is 56.3 Å². The van der Waals surface area contributed by atoms with Crippen LogP contribution in [0.4, 0.5) is 11.5 Å². The van der Waals surface area contributed by atoms with Crippen LogP contribution in [0, 0.1) is 0 Å². The summed E-state index contributed by atoms with van der Waals surface area (Å²) < 4.78 is 25.1. The number of nitrogens with one attached hydrogen (secondary N) is 1. The van der Waals surface area contributed by atoms with Crippen molar-refractivity contribution in [3.63, 3.8) is 0 Å². The van der Waals surface area contributed by atoms with Gasteiger partial charge in [-0.2, -0.15) is 0 Å². The Labute approximate surface area is 181 Å². The van der Waals surface area contributed by atoms with Crippen LogP contribution in [0.3, 0.4) is 0 Å². The molecule has 0 unspecified atom stereocenters. The summed E-state index contributed by atoms with van der Waals surface area (Å²) in [4.78, 5) is 41.8. The van der Waals surface area contributed by atoms with Crippen molar-refractivity contribution in [1.82, 2.24) is 9.55 Å². The summed E-state index contributed by atoms with van der Waals surface area (Å²) in [5.74, 6) is -0.634. The second-order valence-corrected chi connectivity index (χ2v) is 9.48. The number of nitrogens with two attached hydrogens (primary N) is 1. The molecular weight excluding hydrogens is 420 g/mol. The predicted octanol–water partition coefficient (Wildman–Crippen LogP) is 2.16. The Kier molecular flexibility index (Phi) is 8.21. The first-order valence-electron chi connectivity index (χ1n) is 10.4. The number of anilines is 2. The van der Waals surface area contributed by atoms with Crippen molar-refractivity contribution in [3.05, 3.63) is 50.7 Å². The highest BCUT2D eigenvalue weighted by Crippen LogP contribution is 2.22. The van der Waals surface area contributed by atoms with Gasteiger partial charge < -0.3 is 10.6 Å². The van der Waals surface area contributed by atoms with E-state index in [1.165, 1.54) is 33.7 Å². The van der Waals surface area contributed by atoms with Crippen LogP contribution in [0.2, 0.25) is 0 Å². The number of sulfone groups is 1. The topological polar surface area (TPSA) is 135 Å². The number of aromatic nitrogens is 2. The fourth-order valence-electron chi connectivity index (χ4n) is 3.23. The molecule has 2 rings (SSSR count). The van der Waals surface area contributed by atoms with Crippen LogP contribution >= 0.6 is 0 Å². The van der Waals surface area contributed by atoms with E-state index >= 15 is 0 Å². The van der Waals surface area contributed by atoms with Crippen LogP contribution < -0.4 is 21.9 Å². The number of hydrogen-bond acceptors (Lipinski definition) is 6. The zero-order valence-electron chi connectivity index (χ0n) is 18.2. The van der Waals surface area contributed by atoms with E-state index < -0.39 is 27.0 Å². The van der Waals surface area contributed by atoms with Gasteiger partial charge in [0.15, 0.2) is 15.5 Å². The molecule has 0 radical (unpaired) electrons. The number of nitrogen functional groups attached to an aromatic ring is 1. The van der Waals surface area contributed by atoms with Gasteiger partial charge >= 0.3 is 5.69 Å². The number of carbonyl (C=O) groups excluding carboxylic acids is 1. The molecule has 1 heterocycles. The van der Waals surface area contributed by atoms with E-state index in [4.69, 9.17) is 5.73 Å². The maximum absolute atomic E-state index is 13.4. The number of aromatic amines is 1. The highest BCUT2D eigenvalue weighted by molar-refractivity contribution is 7.90. The van der Waals surface area contributed by atoms with Gasteiger partial charge in [-0.25, -0.2) is 13.2 Å². The summed E-state index contributed by atoms with van der Waals surface area (Å²) in [5.41, 5.74) is 4.84. The third-order valence-electron chi connectivity index (χ3n) is 4.96. The monoisotopic (exact) mass is 450 g/mol. The van der Waals surface area contributed by atoms with Crippen LogP contribution in [-0.2, 0) is 16.4 Å². The van der Waals surface area contributed by atoms with E-state index in [9.17, 15) is 22.8 Å². The lowest BCUT2D eigenvalue weighted by atomic mass is 10.1. The third kappa shape index (κ3) is 5.84. The average molecular weight is 451 g/mol. The maximum atomic E-state index is 13.4. The Morgan fingerprint density at radius 3 is 2.42 bits per heavy atom. The fraction of sp³-hybridized carbons (Fsp3) is 0.476. The van der Waals surface area contributed by atoms with Crippen LogP contribution in [0.15, 0.2) is 38.8 Å². The highest BCUT2D eigenvalue weighted by Gasteiger charge is 2.25. The number of carbonyl (C=O) groups is 1. The number of rotatable bonds is 10. The molecule has 31 heavy (non-hydrogen) atoms. The van der Waals surface area contributed by atoms with Gasteiger partial charge in [-0.1, -0.05) is 39.2 Å². The summed E-state index contributed by atoms with van der Waals surface area (Å²) in [5, 5.41) is 0. The molecule has 10 heteroatoms. The predicted molar refractivity (Wildman–Crippen MR) is 121 cm³/mol. The first kappa shape index (κ1) is 24.4. The lowest BCUT2D eigenvalue weighted by Gasteiger charge is -2.25. The number of unbranched alkanes of at least 4 members (excludes halogenated alkanes) is 3. The number of H-pyrrole nitrogens is 1. The van der Waals surface area contributed by atoms with Gasteiger partial charge in [0, 0.05) is 24.9 Å². The molecule has 3 N–H and O–H groups in total. The highest BCUT2D eigenvalue weighted by atomic mass is 32.2. The number of hydrogen-bond donors (Lipinski definition) is 2. The van der Waals surface area contributed by atoms with E-state index in [-0.39, 0.29) is 28.5 Å². The quantitative estimate of drug-likeness (QED) is 0.533. The maximum Gasteiger partial charge on any atom is 0.330 e. The van der Waals surface area contributed by atoms with E-state index in [1.807, 2.05) is 13.8 Å². The SMILES string of the molecule is CCCCCN(C(=O)c1cccc(S(C)(=O)=O)c1)c1c(N)n(CCCC)c(=O)[nH]c1=O. The van der Waals surface area contributed by atoms with Gasteiger partial charge in [0.05, 0.1) is 4.90 Å². The van der Waals surface area contributed by atoms with E-state index in [0.717, 1.165) is 25.5 Å². The first-order chi connectivity index (χ1) is 14.6. The molecule has 9 nitrogen and oxygen atoms in total. The first-order valence-corrected chi connectivity index (χ1v) is 12.3. The van der Waals surface area contributed by atoms with Crippen molar-refractivity contribution in [1.29, 1.82) is 0 Å². The molecule has 0 saturated carbocycles. The molecule has 0 bridgehead atoms. The van der Waals surface area contributed by atoms with E-state index in [1.54, 1.807) is 0 Å². The van der Waals surface area contributed by atoms with Crippen molar-refractivity contribution >= 4 is 27.2 Å². The van der Waals surface area contributed by atoms with Crippen LogP contribution in [-0.4, -0.2) is 36.7 Å².